The van der Waals surface area contributed by atoms with Crippen LogP contribution in [-0.2, 0) is 9.59 Å². The molecule has 0 aromatic heterocycles. The number of halogens is 1. The standard InChI is InChI=1S/C12H22IN3O2/c1-2-14-10-12(18)16-8-6-15(7-9-16)5-3-4-11(13)17/h14H,2-10H2,1H3. The number of likely N-dealkylation sites (N-methyl/N-ethyl adjacent to an activating group) is 1. The molecule has 0 radical (unpaired) electrons. The summed E-state index contributed by atoms with van der Waals surface area (Å²) in [6.07, 6.45) is 1.58. The van der Waals surface area contributed by atoms with Crippen molar-refractivity contribution in [2.24, 2.45) is 0 Å². The fourth-order valence-corrected chi connectivity index (χ4v) is 2.39. The first-order valence-corrected chi connectivity index (χ1v) is 7.60. The van der Waals surface area contributed by atoms with Gasteiger partial charge < -0.3 is 10.2 Å². The van der Waals surface area contributed by atoms with Crippen LogP contribution < -0.4 is 5.32 Å². The van der Waals surface area contributed by atoms with Gasteiger partial charge in [-0.05, 0) is 42.1 Å². The van der Waals surface area contributed by atoms with E-state index in [-0.39, 0.29) is 9.70 Å². The molecular weight excluding hydrogens is 345 g/mol. The SMILES string of the molecule is CCNCC(=O)N1CCN(CCCC(=O)I)CC1. The van der Waals surface area contributed by atoms with E-state index in [4.69, 9.17) is 0 Å². The average Bonchev–Trinajstić information content (AvgIpc) is 2.36. The quantitative estimate of drug-likeness (QED) is 0.526. The van der Waals surface area contributed by atoms with Crippen LogP contribution in [0.4, 0.5) is 0 Å². The molecule has 0 unspecified atom stereocenters. The molecular formula is C12H22IN3O2. The summed E-state index contributed by atoms with van der Waals surface area (Å²) in [6.45, 7) is 7.70. The smallest absolute Gasteiger partial charge is 0.236 e. The van der Waals surface area contributed by atoms with E-state index in [0.717, 1.165) is 45.7 Å². The number of hydrogen-bond acceptors (Lipinski definition) is 4. The van der Waals surface area contributed by atoms with Crippen molar-refractivity contribution < 1.29 is 9.59 Å². The van der Waals surface area contributed by atoms with Gasteiger partial charge in [0.1, 0.15) is 0 Å². The highest BCUT2D eigenvalue weighted by Gasteiger charge is 2.20. The molecule has 1 aliphatic rings. The molecule has 1 aliphatic heterocycles. The van der Waals surface area contributed by atoms with Crippen LogP contribution in [0.1, 0.15) is 19.8 Å². The van der Waals surface area contributed by atoms with Gasteiger partial charge in [0.05, 0.1) is 6.54 Å². The minimum atomic E-state index is 0.193. The maximum atomic E-state index is 11.8. The van der Waals surface area contributed by atoms with Crippen LogP contribution in [0, 0.1) is 0 Å². The third-order valence-electron chi connectivity index (χ3n) is 3.10. The van der Waals surface area contributed by atoms with Gasteiger partial charge in [0.15, 0.2) is 3.79 Å². The Balaban J connectivity index is 2.16. The molecule has 1 rings (SSSR count). The average molecular weight is 367 g/mol. The Labute approximate surface area is 122 Å². The summed E-state index contributed by atoms with van der Waals surface area (Å²) < 4.78 is 0.229. The van der Waals surface area contributed by atoms with E-state index in [1.807, 2.05) is 34.4 Å². The summed E-state index contributed by atoms with van der Waals surface area (Å²) in [5, 5.41) is 3.06. The van der Waals surface area contributed by atoms with E-state index in [9.17, 15) is 9.59 Å². The van der Waals surface area contributed by atoms with E-state index >= 15 is 0 Å². The normalized spacial score (nSPS) is 16.9. The van der Waals surface area contributed by atoms with Crippen molar-refractivity contribution >= 4 is 32.3 Å². The second kappa shape index (κ2) is 8.82. The summed E-state index contributed by atoms with van der Waals surface area (Å²) in [4.78, 5) is 26.9. The molecule has 1 fully saturated rings. The molecule has 0 atom stereocenters. The number of piperazine rings is 1. The zero-order chi connectivity index (χ0) is 13.4. The van der Waals surface area contributed by atoms with Gasteiger partial charge in [-0.3, -0.25) is 14.5 Å². The Morgan fingerprint density at radius 1 is 1.22 bits per heavy atom. The summed E-state index contributed by atoms with van der Waals surface area (Å²) in [6, 6.07) is 0. The lowest BCUT2D eigenvalue weighted by molar-refractivity contribution is -0.131. The van der Waals surface area contributed by atoms with Crippen molar-refractivity contribution in [2.45, 2.75) is 19.8 Å². The Morgan fingerprint density at radius 3 is 2.44 bits per heavy atom. The summed E-state index contributed by atoms with van der Waals surface area (Å²) >= 11 is 1.84. The first-order valence-electron chi connectivity index (χ1n) is 6.52. The Bertz CT molecular complexity index is 278. The highest BCUT2D eigenvalue weighted by molar-refractivity contribution is 14.1. The van der Waals surface area contributed by atoms with Crippen molar-refractivity contribution in [3.05, 3.63) is 0 Å². The fraction of sp³-hybridized carbons (Fsp3) is 0.833. The highest BCUT2D eigenvalue weighted by atomic mass is 127. The molecule has 0 spiro atoms. The van der Waals surface area contributed by atoms with E-state index in [1.165, 1.54) is 0 Å². The maximum Gasteiger partial charge on any atom is 0.236 e. The van der Waals surface area contributed by atoms with Gasteiger partial charge in [-0.15, -0.1) is 0 Å². The third kappa shape index (κ3) is 6.10. The molecule has 0 bridgehead atoms. The lowest BCUT2D eigenvalue weighted by Crippen LogP contribution is -2.50. The van der Waals surface area contributed by atoms with Gasteiger partial charge in [0.25, 0.3) is 0 Å². The van der Waals surface area contributed by atoms with Crippen LogP contribution in [0.5, 0.6) is 0 Å². The number of hydrogen-bond donors (Lipinski definition) is 1. The van der Waals surface area contributed by atoms with Gasteiger partial charge in [0.2, 0.25) is 5.91 Å². The first kappa shape index (κ1) is 15.8. The first-order chi connectivity index (χ1) is 8.63. The van der Waals surface area contributed by atoms with Crippen molar-refractivity contribution in [2.75, 3.05) is 45.8 Å². The Kier molecular flexibility index (Phi) is 7.76. The van der Waals surface area contributed by atoms with Gasteiger partial charge in [-0.25, -0.2) is 0 Å². The topological polar surface area (TPSA) is 52.7 Å². The minimum absolute atomic E-state index is 0.193. The van der Waals surface area contributed by atoms with Gasteiger partial charge in [-0.1, -0.05) is 6.92 Å². The number of carbonyl (C=O) groups is 2. The van der Waals surface area contributed by atoms with E-state index in [2.05, 4.69) is 10.2 Å². The number of rotatable bonds is 7. The van der Waals surface area contributed by atoms with E-state index in [1.54, 1.807) is 0 Å². The fourth-order valence-electron chi connectivity index (χ4n) is 2.01. The minimum Gasteiger partial charge on any atom is -0.339 e. The van der Waals surface area contributed by atoms with E-state index in [0.29, 0.717) is 13.0 Å². The second-order valence-electron chi connectivity index (χ2n) is 4.46. The van der Waals surface area contributed by atoms with Crippen LogP contribution >= 0.6 is 22.6 Å². The van der Waals surface area contributed by atoms with Crippen molar-refractivity contribution in [1.29, 1.82) is 0 Å². The molecule has 6 heteroatoms. The van der Waals surface area contributed by atoms with Gasteiger partial charge in [-0.2, -0.15) is 0 Å². The molecule has 0 aliphatic carbocycles. The van der Waals surface area contributed by atoms with Crippen LogP contribution in [0.15, 0.2) is 0 Å². The number of carbonyl (C=O) groups excluding carboxylic acids is 2. The second-order valence-corrected chi connectivity index (χ2v) is 5.66. The molecule has 0 aromatic carbocycles. The number of amides is 1. The molecule has 18 heavy (non-hydrogen) atoms. The molecule has 1 heterocycles. The van der Waals surface area contributed by atoms with Crippen LogP contribution in [-0.4, -0.2) is 65.3 Å². The molecule has 1 saturated heterocycles. The molecule has 1 amide bonds. The Morgan fingerprint density at radius 2 is 1.89 bits per heavy atom. The number of nitrogens with zero attached hydrogens (tertiary/aromatic N) is 2. The molecule has 0 aromatic rings. The van der Waals surface area contributed by atoms with Crippen LogP contribution in [0.2, 0.25) is 0 Å². The maximum absolute atomic E-state index is 11.8. The lowest BCUT2D eigenvalue weighted by atomic mass is 10.2. The zero-order valence-corrected chi connectivity index (χ0v) is 13.1. The van der Waals surface area contributed by atoms with Crippen molar-refractivity contribution in [3.63, 3.8) is 0 Å². The molecule has 104 valence electrons. The lowest BCUT2D eigenvalue weighted by Gasteiger charge is -2.34. The highest BCUT2D eigenvalue weighted by Crippen LogP contribution is 2.05. The van der Waals surface area contributed by atoms with Crippen molar-refractivity contribution in [1.82, 2.24) is 15.1 Å². The van der Waals surface area contributed by atoms with Gasteiger partial charge >= 0.3 is 0 Å². The molecule has 1 N–H and O–H groups in total. The Hall–Kier alpha value is -0.210. The predicted molar refractivity (Wildman–Crippen MR) is 79.8 cm³/mol. The largest absolute Gasteiger partial charge is 0.339 e. The zero-order valence-electron chi connectivity index (χ0n) is 11.0. The van der Waals surface area contributed by atoms with Gasteiger partial charge in [0, 0.05) is 32.6 Å². The van der Waals surface area contributed by atoms with Crippen LogP contribution in [0.25, 0.3) is 0 Å². The van der Waals surface area contributed by atoms with E-state index < -0.39 is 0 Å². The summed E-state index contributed by atoms with van der Waals surface area (Å²) in [5.41, 5.74) is 0. The summed E-state index contributed by atoms with van der Waals surface area (Å²) in [7, 11) is 0. The van der Waals surface area contributed by atoms with Crippen molar-refractivity contribution in [3.8, 4) is 0 Å². The number of nitrogens with one attached hydrogen (secondary N) is 1. The van der Waals surface area contributed by atoms with Crippen LogP contribution in [0.3, 0.4) is 0 Å². The molecule has 5 nitrogen and oxygen atoms in total. The predicted octanol–water partition coefficient (Wildman–Crippen LogP) is 0.482. The third-order valence-corrected chi connectivity index (χ3v) is 3.64. The molecule has 0 saturated carbocycles. The summed E-state index contributed by atoms with van der Waals surface area (Å²) in [5.74, 6) is 0.193. The monoisotopic (exact) mass is 367 g/mol.